The molecule has 0 unspecified atom stereocenters. The van der Waals surface area contributed by atoms with Crippen molar-refractivity contribution in [3.63, 3.8) is 0 Å². The fourth-order valence-electron chi connectivity index (χ4n) is 4.32. The maximum atomic E-state index is 13.1. The molecule has 1 spiro atoms. The Balaban J connectivity index is 1.91. The summed E-state index contributed by atoms with van der Waals surface area (Å²) in [6, 6.07) is 5.86. The fraction of sp³-hybridized carbons (Fsp3) is 0.571. The average Bonchev–Trinajstić information content (AvgIpc) is 2.84. The van der Waals surface area contributed by atoms with Gasteiger partial charge in [-0.15, -0.1) is 0 Å². The van der Waals surface area contributed by atoms with Gasteiger partial charge in [0.2, 0.25) is 0 Å². The molecule has 1 heterocycles. The maximum absolute atomic E-state index is 13.1. The van der Waals surface area contributed by atoms with E-state index in [1.54, 1.807) is 0 Å². The Hall–Kier alpha value is -1.89. The molecule has 27 heavy (non-hydrogen) atoms. The molecule has 1 aliphatic carbocycles. The minimum absolute atomic E-state index is 0.0630. The Kier molecular flexibility index (Phi) is 5.89. The molecule has 0 radical (unpaired) electrons. The largest absolute Gasteiger partial charge is 0.509 e. The van der Waals surface area contributed by atoms with Crippen molar-refractivity contribution in [1.29, 1.82) is 0 Å². The van der Waals surface area contributed by atoms with Crippen molar-refractivity contribution in [1.82, 2.24) is 5.06 Å². The third-order valence-electron chi connectivity index (χ3n) is 5.73. The van der Waals surface area contributed by atoms with Crippen LogP contribution in [0.4, 0.5) is 0 Å². The minimum atomic E-state index is -0.818. The number of carbonyl (C=O) groups excluding carboxylic acids is 1. The Labute approximate surface area is 160 Å². The summed E-state index contributed by atoms with van der Waals surface area (Å²) in [5, 5.41) is 12.6. The minimum Gasteiger partial charge on any atom is -0.509 e. The number of rotatable bonds is 6. The molecule has 1 aromatic rings. The zero-order chi connectivity index (χ0) is 19.6. The Morgan fingerprint density at radius 2 is 1.85 bits per heavy atom. The first-order chi connectivity index (χ1) is 13.0. The lowest BCUT2D eigenvalue weighted by atomic mass is 9.78. The number of hydroxylamine groups is 2. The van der Waals surface area contributed by atoms with Crippen molar-refractivity contribution in [3.8, 4) is 0 Å². The zero-order valence-corrected chi connectivity index (χ0v) is 16.6. The lowest BCUT2D eigenvalue weighted by Gasteiger charge is -2.41. The molecular weight excluding hydrogens is 346 g/mol. The summed E-state index contributed by atoms with van der Waals surface area (Å²) in [7, 11) is 1.48. The van der Waals surface area contributed by atoms with Crippen LogP contribution in [0.25, 0.3) is 5.57 Å². The van der Waals surface area contributed by atoms with Gasteiger partial charge in [0.25, 0.3) is 5.91 Å². The highest BCUT2D eigenvalue weighted by molar-refractivity contribution is 6.23. The van der Waals surface area contributed by atoms with Gasteiger partial charge in [-0.1, -0.05) is 18.2 Å². The standard InChI is InChI=1S/C21H29NO5/c1-5-26-13-27-16-9-11-21(12-10-16)19(23)18(20(24)22(21)25-4)17-14(2)7-6-8-15(17)3/h6-8,16,23H,5,9-13H2,1-4H3. The second kappa shape index (κ2) is 8.00. The number of hydrogen-bond acceptors (Lipinski definition) is 5. The molecular formula is C21H29NO5. The number of nitrogens with zero attached hydrogens (tertiary/aromatic N) is 1. The first kappa shape index (κ1) is 19.9. The van der Waals surface area contributed by atoms with Crippen LogP contribution in [0.15, 0.2) is 24.0 Å². The van der Waals surface area contributed by atoms with Gasteiger partial charge in [-0.25, -0.2) is 5.06 Å². The van der Waals surface area contributed by atoms with Gasteiger partial charge in [-0.05, 0) is 63.1 Å². The van der Waals surface area contributed by atoms with E-state index in [2.05, 4.69) is 0 Å². The molecule has 0 bridgehead atoms. The van der Waals surface area contributed by atoms with Gasteiger partial charge in [0.15, 0.2) is 0 Å². The van der Waals surface area contributed by atoms with Crippen molar-refractivity contribution in [3.05, 3.63) is 40.6 Å². The van der Waals surface area contributed by atoms with Crippen molar-refractivity contribution in [2.24, 2.45) is 0 Å². The van der Waals surface area contributed by atoms with Gasteiger partial charge >= 0.3 is 0 Å². The first-order valence-electron chi connectivity index (χ1n) is 9.54. The predicted molar refractivity (Wildman–Crippen MR) is 102 cm³/mol. The van der Waals surface area contributed by atoms with E-state index in [0.717, 1.165) is 29.5 Å². The summed E-state index contributed by atoms with van der Waals surface area (Å²) >= 11 is 0. The van der Waals surface area contributed by atoms with Crippen LogP contribution in [0.2, 0.25) is 0 Å². The van der Waals surface area contributed by atoms with E-state index in [0.29, 0.717) is 25.0 Å². The summed E-state index contributed by atoms with van der Waals surface area (Å²) in [6.07, 6.45) is 2.69. The summed E-state index contributed by atoms with van der Waals surface area (Å²) in [6.45, 7) is 6.73. The highest BCUT2D eigenvalue weighted by Crippen LogP contribution is 2.48. The molecule has 2 aliphatic rings. The summed E-state index contributed by atoms with van der Waals surface area (Å²) in [5.74, 6) is -0.156. The highest BCUT2D eigenvalue weighted by atomic mass is 16.7. The number of aliphatic hydroxyl groups is 1. The van der Waals surface area contributed by atoms with Crippen LogP contribution in [-0.2, 0) is 19.1 Å². The molecule has 1 fully saturated rings. The Morgan fingerprint density at radius 3 is 2.41 bits per heavy atom. The van der Waals surface area contributed by atoms with E-state index >= 15 is 0 Å². The van der Waals surface area contributed by atoms with Crippen LogP contribution >= 0.6 is 0 Å². The molecule has 0 aromatic heterocycles. The number of ether oxygens (including phenoxy) is 2. The van der Waals surface area contributed by atoms with Crippen molar-refractivity contribution in [2.75, 3.05) is 20.5 Å². The molecule has 1 aliphatic heterocycles. The monoisotopic (exact) mass is 375 g/mol. The zero-order valence-electron chi connectivity index (χ0n) is 16.6. The number of hydrogen-bond donors (Lipinski definition) is 1. The van der Waals surface area contributed by atoms with Gasteiger partial charge in [-0.3, -0.25) is 9.63 Å². The normalized spacial score (nSPS) is 25.7. The quantitative estimate of drug-likeness (QED) is 0.607. The highest BCUT2D eigenvalue weighted by Gasteiger charge is 2.55. The molecule has 1 saturated carbocycles. The van der Waals surface area contributed by atoms with E-state index in [-0.39, 0.29) is 24.6 Å². The number of aliphatic hydroxyl groups excluding tert-OH is 1. The second-order valence-corrected chi connectivity index (χ2v) is 7.28. The summed E-state index contributed by atoms with van der Waals surface area (Å²) in [4.78, 5) is 18.6. The van der Waals surface area contributed by atoms with E-state index in [1.165, 1.54) is 12.2 Å². The average molecular weight is 375 g/mol. The maximum Gasteiger partial charge on any atom is 0.282 e. The van der Waals surface area contributed by atoms with Gasteiger partial charge < -0.3 is 14.6 Å². The summed E-state index contributed by atoms with van der Waals surface area (Å²) in [5.41, 5.74) is 2.27. The SMILES string of the molecule is CCOCOC1CCC2(CC1)C(O)=C(c1c(C)cccc1C)C(=O)N2OC. The molecule has 3 rings (SSSR count). The van der Waals surface area contributed by atoms with Crippen molar-refractivity contribution >= 4 is 11.5 Å². The van der Waals surface area contributed by atoms with Crippen LogP contribution < -0.4 is 0 Å². The number of amides is 1. The van der Waals surface area contributed by atoms with E-state index in [1.807, 2.05) is 39.0 Å². The molecule has 1 aromatic carbocycles. The van der Waals surface area contributed by atoms with Crippen LogP contribution in [-0.4, -0.2) is 48.2 Å². The number of benzene rings is 1. The third kappa shape index (κ3) is 3.37. The Morgan fingerprint density at radius 1 is 1.22 bits per heavy atom. The topological polar surface area (TPSA) is 68.2 Å². The van der Waals surface area contributed by atoms with Crippen LogP contribution in [0.1, 0.15) is 49.3 Å². The lowest BCUT2D eigenvalue weighted by molar-refractivity contribution is -0.206. The third-order valence-corrected chi connectivity index (χ3v) is 5.73. The molecule has 6 heteroatoms. The number of carbonyl (C=O) groups is 1. The van der Waals surface area contributed by atoms with E-state index in [4.69, 9.17) is 14.3 Å². The van der Waals surface area contributed by atoms with E-state index in [9.17, 15) is 9.90 Å². The molecule has 148 valence electrons. The molecule has 0 saturated heterocycles. The molecule has 1 N–H and O–H groups in total. The smallest absolute Gasteiger partial charge is 0.282 e. The van der Waals surface area contributed by atoms with Crippen LogP contribution in [0.3, 0.4) is 0 Å². The van der Waals surface area contributed by atoms with Crippen molar-refractivity contribution < 1.29 is 24.2 Å². The van der Waals surface area contributed by atoms with E-state index < -0.39 is 5.54 Å². The molecule has 0 atom stereocenters. The lowest BCUT2D eigenvalue weighted by Crippen LogP contribution is -2.51. The fourth-order valence-corrected chi connectivity index (χ4v) is 4.32. The predicted octanol–water partition coefficient (Wildman–Crippen LogP) is 3.67. The molecule has 1 amide bonds. The Bertz CT molecular complexity index is 714. The van der Waals surface area contributed by atoms with Gasteiger partial charge in [0.1, 0.15) is 18.1 Å². The number of aryl methyl sites for hydroxylation is 2. The van der Waals surface area contributed by atoms with Crippen LogP contribution in [0.5, 0.6) is 0 Å². The second-order valence-electron chi connectivity index (χ2n) is 7.28. The van der Waals surface area contributed by atoms with Crippen LogP contribution in [0, 0.1) is 13.8 Å². The van der Waals surface area contributed by atoms with Crippen molar-refractivity contribution in [2.45, 2.75) is 58.1 Å². The van der Waals surface area contributed by atoms with Gasteiger partial charge in [0, 0.05) is 6.61 Å². The summed E-state index contributed by atoms with van der Waals surface area (Å²) < 4.78 is 11.0. The van der Waals surface area contributed by atoms with Gasteiger partial charge in [0.05, 0.1) is 18.8 Å². The first-order valence-corrected chi connectivity index (χ1v) is 9.54. The molecule has 6 nitrogen and oxygen atoms in total. The van der Waals surface area contributed by atoms with Gasteiger partial charge in [-0.2, -0.15) is 0 Å².